The van der Waals surface area contributed by atoms with Gasteiger partial charge >= 0.3 is 0 Å². The summed E-state index contributed by atoms with van der Waals surface area (Å²) in [5.74, 6) is 0.380. The van der Waals surface area contributed by atoms with Crippen LogP contribution in [-0.4, -0.2) is 41.9 Å². The number of carbonyl (C=O) groups is 2. The lowest BCUT2D eigenvalue weighted by molar-refractivity contribution is -0.150. The lowest BCUT2D eigenvalue weighted by Crippen LogP contribution is -2.55. The molecule has 2 rings (SSSR count). The molecule has 2 fully saturated rings. The van der Waals surface area contributed by atoms with Crippen LogP contribution in [0.5, 0.6) is 0 Å². The summed E-state index contributed by atoms with van der Waals surface area (Å²) in [5.41, 5.74) is -0.177. The van der Waals surface area contributed by atoms with Crippen molar-refractivity contribution in [1.82, 2.24) is 4.90 Å². The average Bonchev–Trinajstić information content (AvgIpc) is 2.33. The highest BCUT2D eigenvalue weighted by molar-refractivity contribution is 5.89. The molecule has 1 amide bonds. The quantitative estimate of drug-likeness (QED) is 0.694. The van der Waals surface area contributed by atoms with E-state index in [4.69, 9.17) is 4.74 Å². The first-order chi connectivity index (χ1) is 8.00. The third-order valence-corrected chi connectivity index (χ3v) is 3.92. The number of ether oxygens (including phenoxy) is 1. The Hall–Kier alpha value is -0.900. The van der Waals surface area contributed by atoms with Gasteiger partial charge in [-0.3, -0.25) is 9.59 Å². The predicted octanol–water partition coefficient (Wildman–Crippen LogP) is 1.38. The standard InChI is InChI=1S/C13H21NO3/c1-13(2)6-3-11(15)9-14(13)12(16)10-4-7-17-8-5-10/h10H,3-9H2,1-2H3. The summed E-state index contributed by atoms with van der Waals surface area (Å²) in [6, 6.07) is 0. The van der Waals surface area contributed by atoms with Crippen LogP contribution >= 0.6 is 0 Å². The van der Waals surface area contributed by atoms with Gasteiger partial charge in [-0.2, -0.15) is 0 Å². The van der Waals surface area contributed by atoms with E-state index in [0.717, 1.165) is 19.3 Å². The first kappa shape index (κ1) is 12.6. The van der Waals surface area contributed by atoms with Crippen LogP contribution in [0, 0.1) is 5.92 Å². The van der Waals surface area contributed by atoms with Crippen LogP contribution in [-0.2, 0) is 14.3 Å². The molecule has 0 saturated carbocycles. The minimum atomic E-state index is -0.177. The van der Waals surface area contributed by atoms with Gasteiger partial charge in [0.25, 0.3) is 0 Å². The fraction of sp³-hybridized carbons (Fsp3) is 0.846. The van der Waals surface area contributed by atoms with E-state index in [1.165, 1.54) is 0 Å². The second-order valence-corrected chi connectivity index (χ2v) is 5.66. The minimum Gasteiger partial charge on any atom is -0.381 e. The number of hydrogen-bond donors (Lipinski definition) is 0. The van der Waals surface area contributed by atoms with E-state index in [2.05, 4.69) is 13.8 Å². The van der Waals surface area contributed by atoms with Crippen LogP contribution in [0.3, 0.4) is 0 Å². The zero-order valence-corrected chi connectivity index (χ0v) is 10.7. The van der Waals surface area contributed by atoms with Crippen LogP contribution in [0.4, 0.5) is 0 Å². The van der Waals surface area contributed by atoms with E-state index in [-0.39, 0.29) is 23.1 Å². The molecule has 96 valence electrons. The van der Waals surface area contributed by atoms with E-state index >= 15 is 0 Å². The van der Waals surface area contributed by atoms with Crippen molar-refractivity contribution >= 4 is 11.7 Å². The Bertz CT molecular complexity index is 319. The van der Waals surface area contributed by atoms with Gasteiger partial charge in [-0.05, 0) is 33.1 Å². The summed E-state index contributed by atoms with van der Waals surface area (Å²) < 4.78 is 5.27. The maximum atomic E-state index is 12.4. The highest BCUT2D eigenvalue weighted by Gasteiger charge is 2.39. The molecular formula is C13H21NO3. The molecule has 2 heterocycles. The predicted molar refractivity (Wildman–Crippen MR) is 63.6 cm³/mol. The zero-order valence-electron chi connectivity index (χ0n) is 10.7. The topological polar surface area (TPSA) is 46.6 Å². The molecule has 0 aliphatic carbocycles. The number of hydrogen-bond acceptors (Lipinski definition) is 3. The molecule has 2 aliphatic rings. The van der Waals surface area contributed by atoms with Crippen molar-refractivity contribution in [3.8, 4) is 0 Å². The summed E-state index contributed by atoms with van der Waals surface area (Å²) in [6.45, 7) is 5.73. The molecule has 0 aromatic rings. The third-order valence-electron chi connectivity index (χ3n) is 3.92. The van der Waals surface area contributed by atoms with Gasteiger partial charge in [-0.1, -0.05) is 0 Å². The molecule has 0 aromatic heterocycles. The zero-order chi connectivity index (χ0) is 12.5. The second kappa shape index (κ2) is 4.77. The highest BCUT2D eigenvalue weighted by Crippen LogP contribution is 2.29. The Morgan fingerprint density at radius 2 is 2.00 bits per heavy atom. The highest BCUT2D eigenvalue weighted by atomic mass is 16.5. The Morgan fingerprint density at radius 1 is 1.35 bits per heavy atom. The lowest BCUT2D eigenvalue weighted by atomic mass is 9.87. The molecule has 0 aromatic carbocycles. The molecule has 0 spiro atoms. The van der Waals surface area contributed by atoms with Gasteiger partial charge in [0.05, 0.1) is 6.54 Å². The van der Waals surface area contributed by atoms with Crippen molar-refractivity contribution in [1.29, 1.82) is 0 Å². The molecule has 2 aliphatic heterocycles. The van der Waals surface area contributed by atoms with E-state index < -0.39 is 0 Å². The third kappa shape index (κ3) is 2.68. The van der Waals surface area contributed by atoms with Crippen molar-refractivity contribution in [2.75, 3.05) is 19.8 Å². The van der Waals surface area contributed by atoms with Crippen molar-refractivity contribution < 1.29 is 14.3 Å². The fourth-order valence-electron chi connectivity index (χ4n) is 2.59. The Labute approximate surface area is 102 Å². The van der Waals surface area contributed by atoms with Crippen molar-refractivity contribution in [2.45, 2.75) is 45.1 Å². The van der Waals surface area contributed by atoms with E-state index in [9.17, 15) is 9.59 Å². The van der Waals surface area contributed by atoms with Crippen LogP contribution < -0.4 is 0 Å². The van der Waals surface area contributed by atoms with Crippen molar-refractivity contribution in [3.05, 3.63) is 0 Å². The van der Waals surface area contributed by atoms with Gasteiger partial charge < -0.3 is 9.64 Å². The summed E-state index contributed by atoms with van der Waals surface area (Å²) in [6.07, 6.45) is 2.96. The van der Waals surface area contributed by atoms with Gasteiger partial charge in [-0.25, -0.2) is 0 Å². The number of nitrogens with zero attached hydrogens (tertiary/aromatic N) is 1. The molecule has 17 heavy (non-hydrogen) atoms. The van der Waals surface area contributed by atoms with Gasteiger partial charge in [0.1, 0.15) is 0 Å². The summed E-state index contributed by atoms with van der Waals surface area (Å²) in [5, 5.41) is 0. The van der Waals surface area contributed by atoms with E-state index in [1.807, 2.05) is 0 Å². The number of Topliss-reactive ketones (excluding diaryl/α,β-unsaturated/α-hetero) is 1. The monoisotopic (exact) mass is 239 g/mol. The van der Waals surface area contributed by atoms with Crippen molar-refractivity contribution in [3.63, 3.8) is 0 Å². The number of piperidine rings is 1. The number of ketones is 1. The number of amides is 1. The van der Waals surface area contributed by atoms with E-state index in [1.54, 1.807) is 4.90 Å². The van der Waals surface area contributed by atoms with Crippen LogP contribution in [0.1, 0.15) is 39.5 Å². The Kier molecular flexibility index (Phi) is 3.52. The number of likely N-dealkylation sites (tertiary alicyclic amines) is 1. The molecule has 0 bridgehead atoms. The van der Waals surface area contributed by atoms with Crippen LogP contribution in [0.2, 0.25) is 0 Å². The smallest absolute Gasteiger partial charge is 0.226 e. The molecule has 2 saturated heterocycles. The van der Waals surface area contributed by atoms with Crippen LogP contribution in [0.15, 0.2) is 0 Å². The first-order valence-electron chi connectivity index (χ1n) is 6.41. The van der Waals surface area contributed by atoms with Crippen LogP contribution in [0.25, 0.3) is 0 Å². The Morgan fingerprint density at radius 3 is 2.65 bits per heavy atom. The lowest BCUT2D eigenvalue weighted by Gasteiger charge is -2.43. The van der Waals surface area contributed by atoms with Gasteiger partial charge in [0, 0.05) is 31.1 Å². The largest absolute Gasteiger partial charge is 0.381 e. The van der Waals surface area contributed by atoms with Gasteiger partial charge in [-0.15, -0.1) is 0 Å². The van der Waals surface area contributed by atoms with E-state index in [0.29, 0.717) is 26.2 Å². The molecule has 0 radical (unpaired) electrons. The fourth-order valence-corrected chi connectivity index (χ4v) is 2.59. The molecule has 0 N–H and O–H groups in total. The average molecular weight is 239 g/mol. The SMILES string of the molecule is CC1(C)CCC(=O)CN1C(=O)C1CCOCC1. The Balaban J connectivity index is 2.07. The van der Waals surface area contributed by atoms with Crippen molar-refractivity contribution in [2.24, 2.45) is 5.92 Å². The number of rotatable bonds is 1. The summed E-state index contributed by atoms with van der Waals surface area (Å²) >= 11 is 0. The maximum absolute atomic E-state index is 12.4. The minimum absolute atomic E-state index is 0.0499. The van der Waals surface area contributed by atoms with Gasteiger partial charge in [0.2, 0.25) is 5.91 Å². The first-order valence-corrected chi connectivity index (χ1v) is 6.41. The summed E-state index contributed by atoms with van der Waals surface area (Å²) in [4.78, 5) is 25.7. The molecule has 0 atom stereocenters. The molecule has 0 unspecified atom stereocenters. The molecule has 4 heteroatoms. The second-order valence-electron chi connectivity index (χ2n) is 5.66. The summed E-state index contributed by atoms with van der Waals surface area (Å²) in [7, 11) is 0. The molecular weight excluding hydrogens is 218 g/mol. The number of carbonyl (C=O) groups excluding carboxylic acids is 2. The maximum Gasteiger partial charge on any atom is 0.226 e. The normalized spacial score (nSPS) is 26.0. The molecule has 4 nitrogen and oxygen atoms in total. The van der Waals surface area contributed by atoms with Gasteiger partial charge in [0.15, 0.2) is 5.78 Å².